The minimum absolute atomic E-state index is 0.189. The molecule has 2 aliphatic heterocycles. The molecule has 0 saturated carbocycles. The van der Waals surface area contributed by atoms with Crippen molar-refractivity contribution < 1.29 is 9.84 Å². The average molecular weight is 291 g/mol. The van der Waals surface area contributed by atoms with E-state index in [1.165, 1.54) is 11.3 Å². The lowest BCUT2D eigenvalue weighted by Gasteiger charge is -2.36. The Kier molecular flexibility index (Phi) is 5.08. The molecule has 2 saturated heterocycles. The summed E-state index contributed by atoms with van der Waals surface area (Å²) in [5, 5.41) is 12.4. The summed E-state index contributed by atoms with van der Waals surface area (Å²) in [4.78, 5) is 4.73. The fourth-order valence-electron chi connectivity index (χ4n) is 3.05. The van der Waals surface area contributed by atoms with Gasteiger partial charge in [0, 0.05) is 51.5 Å². The van der Waals surface area contributed by atoms with E-state index in [0.717, 1.165) is 52.4 Å². The highest BCUT2D eigenvalue weighted by atomic mass is 16.5. The predicted molar refractivity (Wildman–Crippen MR) is 83.7 cm³/mol. The van der Waals surface area contributed by atoms with E-state index in [1.54, 1.807) is 0 Å². The number of aliphatic hydroxyl groups is 1. The molecule has 5 heteroatoms. The number of piperazine rings is 1. The van der Waals surface area contributed by atoms with E-state index in [1.807, 2.05) is 0 Å². The molecule has 2 fully saturated rings. The molecule has 0 aromatic heterocycles. The second-order valence-corrected chi connectivity index (χ2v) is 5.71. The minimum Gasteiger partial charge on any atom is -0.395 e. The summed E-state index contributed by atoms with van der Waals surface area (Å²) in [5.74, 6) is 0. The Morgan fingerprint density at radius 3 is 2.52 bits per heavy atom. The molecule has 2 heterocycles. The number of nitrogens with one attached hydrogen (secondary N) is 1. The van der Waals surface area contributed by atoms with Crippen LogP contribution in [0.15, 0.2) is 24.3 Å². The quantitative estimate of drug-likeness (QED) is 0.844. The molecule has 0 unspecified atom stereocenters. The second-order valence-electron chi connectivity index (χ2n) is 5.71. The van der Waals surface area contributed by atoms with E-state index in [2.05, 4.69) is 39.4 Å². The molecule has 3 rings (SSSR count). The van der Waals surface area contributed by atoms with Crippen molar-refractivity contribution in [2.24, 2.45) is 0 Å². The zero-order chi connectivity index (χ0) is 14.5. The van der Waals surface area contributed by atoms with Gasteiger partial charge in [-0.25, -0.2) is 0 Å². The monoisotopic (exact) mass is 291 g/mol. The predicted octanol–water partition coefficient (Wildman–Crippen LogP) is 0.462. The summed E-state index contributed by atoms with van der Waals surface area (Å²) in [6.45, 7) is 7.80. The summed E-state index contributed by atoms with van der Waals surface area (Å²) < 4.78 is 5.78. The van der Waals surface area contributed by atoms with Crippen LogP contribution >= 0.6 is 0 Å². The highest BCUT2D eigenvalue weighted by molar-refractivity contribution is 5.48. The van der Waals surface area contributed by atoms with E-state index in [9.17, 15) is 0 Å². The summed E-state index contributed by atoms with van der Waals surface area (Å²) in [6.07, 6.45) is 0.189. The summed E-state index contributed by atoms with van der Waals surface area (Å²) in [5.41, 5.74) is 2.54. The number of rotatable bonds is 4. The molecule has 116 valence electrons. The van der Waals surface area contributed by atoms with Crippen molar-refractivity contribution in [3.63, 3.8) is 0 Å². The third-order valence-corrected chi connectivity index (χ3v) is 4.35. The van der Waals surface area contributed by atoms with E-state index in [-0.39, 0.29) is 12.7 Å². The van der Waals surface area contributed by atoms with Gasteiger partial charge in [0.15, 0.2) is 0 Å². The molecule has 5 nitrogen and oxygen atoms in total. The number of β-amino-alcohol motifs (C(OH)–C–C–N with tert-alkyl or cyclic N) is 1. The van der Waals surface area contributed by atoms with Crippen LogP contribution in [0.3, 0.4) is 0 Å². The van der Waals surface area contributed by atoms with Crippen molar-refractivity contribution >= 4 is 5.69 Å². The third-order valence-electron chi connectivity index (χ3n) is 4.35. The second kappa shape index (κ2) is 7.22. The van der Waals surface area contributed by atoms with E-state index < -0.39 is 0 Å². The van der Waals surface area contributed by atoms with Crippen LogP contribution in [-0.4, -0.2) is 69.0 Å². The van der Waals surface area contributed by atoms with Gasteiger partial charge in [-0.05, 0) is 17.7 Å². The first-order valence-electron chi connectivity index (χ1n) is 7.87. The standard InChI is InChI=1S/C16H25N3O2/c20-11-10-18-6-8-19(9-7-18)15-3-1-14(2-4-15)16-13-17-5-12-21-16/h1-4,16-17,20H,5-13H2/t16-/m1/s1. The van der Waals surface area contributed by atoms with Gasteiger partial charge in [0.2, 0.25) is 0 Å². The zero-order valence-electron chi connectivity index (χ0n) is 12.5. The normalized spacial score (nSPS) is 24.2. The van der Waals surface area contributed by atoms with Gasteiger partial charge in [-0.15, -0.1) is 0 Å². The molecule has 0 aliphatic carbocycles. The molecule has 2 N–H and O–H groups in total. The number of hydrogen-bond donors (Lipinski definition) is 2. The SMILES string of the molecule is OCCN1CCN(c2ccc([C@H]3CNCCO3)cc2)CC1. The minimum atomic E-state index is 0.189. The van der Waals surface area contributed by atoms with E-state index >= 15 is 0 Å². The highest BCUT2D eigenvalue weighted by Crippen LogP contribution is 2.23. The molecule has 1 aromatic carbocycles. The van der Waals surface area contributed by atoms with Crippen LogP contribution in [0.4, 0.5) is 5.69 Å². The van der Waals surface area contributed by atoms with E-state index in [0.29, 0.717) is 0 Å². The summed E-state index contributed by atoms with van der Waals surface area (Å²) >= 11 is 0. The molecule has 0 bridgehead atoms. The van der Waals surface area contributed by atoms with Gasteiger partial charge in [-0.2, -0.15) is 0 Å². The largest absolute Gasteiger partial charge is 0.395 e. The van der Waals surface area contributed by atoms with Crippen molar-refractivity contribution in [2.45, 2.75) is 6.10 Å². The van der Waals surface area contributed by atoms with Crippen LogP contribution in [0.25, 0.3) is 0 Å². The van der Waals surface area contributed by atoms with Crippen LogP contribution in [0, 0.1) is 0 Å². The van der Waals surface area contributed by atoms with Gasteiger partial charge >= 0.3 is 0 Å². The van der Waals surface area contributed by atoms with E-state index in [4.69, 9.17) is 9.84 Å². The highest BCUT2D eigenvalue weighted by Gasteiger charge is 2.18. The lowest BCUT2D eigenvalue weighted by molar-refractivity contribution is 0.0277. The van der Waals surface area contributed by atoms with Crippen molar-refractivity contribution in [2.75, 3.05) is 63.9 Å². The van der Waals surface area contributed by atoms with Gasteiger partial charge in [0.25, 0.3) is 0 Å². The smallest absolute Gasteiger partial charge is 0.0949 e. The van der Waals surface area contributed by atoms with Crippen molar-refractivity contribution in [3.05, 3.63) is 29.8 Å². The molecule has 1 aromatic rings. The first-order valence-corrected chi connectivity index (χ1v) is 7.87. The van der Waals surface area contributed by atoms with Crippen molar-refractivity contribution in [1.82, 2.24) is 10.2 Å². The Balaban J connectivity index is 1.57. The Hall–Kier alpha value is -1.14. The van der Waals surface area contributed by atoms with Gasteiger partial charge in [-0.3, -0.25) is 4.90 Å². The number of anilines is 1. The Labute approximate surface area is 126 Å². The maximum absolute atomic E-state index is 8.98. The lowest BCUT2D eigenvalue weighted by Crippen LogP contribution is -2.47. The maximum Gasteiger partial charge on any atom is 0.0949 e. The topological polar surface area (TPSA) is 48.0 Å². The van der Waals surface area contributed by atoms with Gasteiger partial charge in [-0.1, -0.05) is 12.1 Å². The van der Waals surface area contributed by atoms with Crippen LogP contribution in [-0.2, 0) is 4.74 Å². The molecule has 0 amide bonds. The lowest BCUT2D eigenvalue weighted by atomic mass is 10.1. The fraction of sp³-hybridized carbons (Fsp3) is 0.625. The summed E-state index contributed by atoms with van der Waals surface area (Å²) in [6, 6.07) is 8.78. The Morgan fingerprint density at radius 2 is 1.90 bits per heavy atom. The van der Waals surface area contributed by atoms with Crippen LogP contribution in [0.1, 0.15) is 11.7 Å². The van der Waals surface area contributed by atoms with Gasteiger partial charge < -0.3 is 20.1 Å². The number of nitrogens with zero attached hydrogens (tertiary/aromatic N) is 2. The maximum atomic E-state index is 8.98. The molecule has 0 radical (unpaired) electrons. The van der Waals surface area contributed by atoms with Crippen LogP contribution in [0.2, 0.25) is 0 Å². The molecule has 21 heavy (non-hydrogen) atoms. The Morgan fingerprint density at radius 1 is 1.14 bits per heavy atom. The van der Waals surface area contributed by atoms with Crippen LogP contribution < -0.4 is 10.2 Å². The van der Waals surface area contributed by atoms with Gasteiger partial charge in [0.05, 0.1) is 19.3 Å². The average Bonchev–Trinajstić information content (AvgIpc) is 2.57. The molecule has 2 aliphatic rings. The van der Waals surface area contributed by atoms with Crippen molar-refractivity contribution in [3.8, 4) is 0 Å². The van der Waals surface area contributed by atoms with Crippen LogP contribution in [0.5, 0.6) is 0 Å². The first-order chi connectivity index (χ1) is 10.4. The number of aliphatic hydroxyl groups excluding tert-OH is 1. The zero-order valence-corrected chi connectivity index (χ0v) is 12.5. The number of hydrogen-bond acceptors (Lipinski definition) is 5. The van der Waals surface area contributed by atoms with Crippen molar-refractivity contribution in [1.29, 1.82) is 0 Å². The fourth-order valence-corrected chi connectivity index (χ4v) is 3.05. The number of ether oxygens (including phenoxy) is 1. The van der Waals surface area contributed by atoms with Gasteiger partial charge in [0.1, 0.15) is 0 Å². The molecular formula is C16H25N3O2. The molecule has 0 spiro atoms. The molecular weight excluding hydrogens is 266 g/mol. The Bertz CT molecular complexity index is 424. The first kappa shape index (κ1) is 14.8. The third kappa shape index (κ3) is 3.74. The number of benzene rings is 1. The number of morpholine rings is 1. The summed E-state index contributed by atoms with van der Waals surface area (Å²) in [7, 11) is 0. The molecule has 1 atom stereocenters.